The predicted molar refractivity (Wildman–Crippen MR) is 96.9 cm³/mol. The molecule has 26 heavy (non-hydrogen) atoms. The molecule has 6 nitrogen and oxygen atoms in total. The van der Waals surface area contributed by atoms with E-state index < -0.39 is 11.2 Å². The van der Waals surface area contributed by atoms with Gasteiger partial charge in [0.15, 0.2) is 0 Å². The maximum atomic E-state index is 12.6. The van der Waals surface area contributed by atoms with E-state index in [-0.39, 0.29) is 11.2 Å². The molecule has 0 spiro atoms. The minimum Gasteiger partial charge on any atom is -0.343 e. The topological polar surface area (TPSA) is 61.4 Å². The van der Waals surface area contributed by atoms with Crippen molar-refractivity contribution < 1.29 is 18.0 Å². The van der Waals surface area contributed by atoms with Gasteiger partial charge in [-0.2, -0.15) is 13.2 Å². The van der Waals surface area contributed by atoms with E-state index in [1.54, 1.807) is 28.0 Å². The number of hydrogen-bond donors (Lipinski definition) is 1. The highest BCUT2D eigenvalue weighted by Gasteiger charge is 2.36. The zero-order valence-corrected chi connectivity index (χ0v) is 16.2. The second-order valence-corrected chi connectivity index (χ2v) is 7.64. The van der Waals surface area contributed by atoms with E-state index in [2.05, 4.69) is 31.4 Å². The number of rotatable bonds is 2. The average molecular weight is 471 g/mol. The van der Waals surface area contributed by atoms with Gasteiger partial charge in [-0.3, -0.25) is 0 Å². The smallest absolute Gasteiger partial charge is 0.343 e. The summed E-state index contributed by atoms with van der Waals surface area (Å²) in [4.78, 5) is 15.6. The second kappa shape index (κ2) is 7.57. The molecule has 2 amide bonds. The van der Waals surface area contributed by atoms with Gasteiger partial charge in [0.1, 0.15) is 0 Å². The number of aromatic nitrogens is 2. The molecule has 1 fully saturated rings. The Kier molecular flexibility index (Phi) is 5.58. The number of alkyl halides is 3. The van der Waals surface area contributed by atoms with Crippen molar-refractivity contribution >= 4 is 55.7 Å². The van der Waals surface area contributed by atoms with Crippen molar-refractivity contribution in [2.75, 3.05) is 36.4 Å². The van der Waals surface area contributed by atoms with Gasteiger partial charge in [-0.1, -0.05) is 22.9 Å². The van der Waals surface area contributed by atoms with Gasteiger partial charge in [-0.25, -0.2) is 4.79 Å². The molecule has 1 aromatic heterocycles. The van der Waals surface area contributed by atoms with Crippen LogP contribution in [0.4, 0.5) is 28.8 Å². The van der Waals surface area contributed by atoms with E-state index in [0.29, 0.717) is 48.2 Å². The summed E-state index contributed by atoms with van der Waals surface area (Å²) < 4.78 is 38.6. The molecule has 1 aliphatic rings. The minimum absolute atomic E-state index is 0.206. The summed E-state index contributed by atoms with van der Waals surface area (Å²) in [6.45, 7) is 1.47. The maximum absolute atomic E-state index is 12.6. The minimum atomic E-state index is -4.50. The van der Waals surface area contributed by atoms with E-state index in [1.807, 2.05) is 0 Å². The summed E-state index contributed by atoms with van der Waals surface area (Å²) in [7, 11) is 0. The molecule has 2 heterocycles. The lowest BCUT2D eigenvalue weighted by Crippen LogP contribution is -2.50. The Morgan fingerprint density at radius 1 is 1.23 bits per heavy atom. The Labute approximate surface area is 164 Å². The van der Waals surface area contributed by atoms with Crippen LogP contribution in [0.3, 0.4) is 0 Å². The molecular formula is C14H12BrClF3N5OS. The molecule has 0 atom stereocenters. The monoisotopic (exact) mass is 469 g/mol. The van der Waals surface area contributed by atoms with Crippen molar-refractivity contribution in [2.24, 2.45) is 0 Å². The fraction of sp³-hybridized carbons (Fsp3) is 0.357. The normalized spacial score (nSPS) is 15.3. The summed E-state index contributed by atoms with van der Waals surface area (Å²) in [5.74, 6) is 0. The molecule has 140 valence electrons. The van der Waals surface area contributed by atoms with Crippen LogP contribution in [-0.2, 0) is 6.18 Å². The third-order valence-electron chi connectivity index (χ3n) is 3.67. The van der Waals surface area contributed by atoms with E-state index in [0.717, 1.165) is 4.47 Å². The maximum Gasteiger partial charge on any atom is 0.445 e. The Morgan fingerprint density at radius 3 is 2.50 bits per heavy atom. The molecule has 1 saturated heterocycles. The molecular weight excluding hydrogens is 459 g/mol. The summed E-state index contributed by atoms with van der Waals surface area (Å²) in [5, 5.41) is 9.24. The van der Waals surface area contributed by atoms with Crippen LogP contribution >= 0.6 is 38.9 Å². The van der Waals surface area contributed by atoms with Crippen LogP contribution in [-0.4, -0.2) is 47.3 Å². The van der Waals surface area contributed by atoms with Gasteiger partial charge in [0.25, 0.3) is 0 Å². The number of piperazine rings is 1. The number of nitrogens with one attached hydrogen (secondary N) is 1. The number of halogens is 5. The fourth-order valence-electron chi connectivity index (χ4n) is 2.34. The molecule has 0 bridgehead atoms. The summed E-state index contributed by atoms with van der Waals surface area (Å²) in [6.07, 6.45) is -4.50. The van der Waals surface area contributed by atoms with Crippen molar-refractivity contribution in [1.29, 1.82) is 0 Å². The van der Waals surface area contributed by atoms with Crippen molar-refractivity contribution in [3.8, 4) is 0 Å². The molecule has 0 saturated carbocycles. The van der Waals surface area contributed by atoms with Gasteiger partial charge in [0, 0.05) is 36.3 Å². The molecule has 0 unspecified atom stereocenters. The lowest BCUT2D eigenvalue weighted by atomic mass is 10.3. The molecule has 1 aromatic carbocycles. The highest BCUT2D eigenvalue weighted by atomic mass is 79.9. The standard InChI is InChI=1S/C14H12BrClF3N5OS/c15-9-2-1-8(7-10(9)16)20-12(25)23-3-5-24(6-4-23)13-22-21-11(26-13)14(17,18)19/h1-2,7H,3-6H2,(H,20,25). The van der Waals surface area contributed by atoms with Crippen LogP contribution in [0, 0.1) is 0 Å². The summed E-state index contributed by atoms with van der Waals surface area (Å²) >= 11 is 9.77. The number of hydrogen-bond acceptors (Lipinski definition) is 5. The van der Waals surface area contributed by atoms with Gasteiger partial charge in [-0.15, -0.1) is 10.2 Å². The van der Waals surface area contributed by atoms with Gasteiger partial charge in [-0.05, 0) is 34.1 Å². The average Bonchev–Trinajstić information content (AvgIpc) is 3.09. The Hall–Kier alpha value is -1.59. The molecule has 2 aromatic rings. The number of amides is 2. The first kappa shape index (κ1) is 19.2. The molecule has 0 radical (unpaired) electrons. The number of benzene rings is 1. The molecule has 1 aliphatic heterocycles. The van der Waals surface area contributed by atoms with E-state index in [4.69, 9.17) is 11.6 Å². The summed E-state index contributed by atoms with van der Waals surface area (Å²) in [6, 6.07) is 4.77. The zero-order chi connectivity index (χ0) is 18.9. The van der Waals surface area contributed by atoms with Crippen LogP contribution in [0.15, 0.2) is 22.7 Å². The molecule has 12 heteroatoms. The van der Waals surface area contributed by atoms with Crippen LogP contribution < -0.4 is 10.2 Å². The van der Waals surface area contributed by atoms with Crippen LogP contribution in [0.5, 0.6) is 0 Å². The quantitative estimate of drug-likeness (QED) is 0.710. The summed E-state index contributed by atoms with van der Waals surface area (Å²) in [5.41, 5.74) is 0.560. The lowest BCUT2D eigenvalue weighted by Gasteiger charge is -2.34. The largest absolute Gasteiger partial charge is 0.445 e. The lowest BCUT2D eigenvalue weighted by molar-refractivity contribution is -0.138. The van der Waals surface area contributed by atoms with E-state index in [1.165, 1.54) is 0 Å². The number of nitrogens with zero attached hydrogens (tertiary/aromatic N) is 4. The highest BCUT2D eigenvalue weighted by Crippen LogP contribution is 2.34. The Balaban J connectivity index is 1.57. The van der Waals surface area contributed by atoms with Crippen molar-refractivity contribution in [2.45, 2.75) is 6.18 Å². The zero-order valence-electron chi connectivity index (χ0n) is 13.1. The van der Waals surface area contributed by atoms with Crippen molar-refractivity contribution in [3.63, 3.8) is 0 Å². The highest BCUT2D eigenvalue weighted by molar-refractivity contribution is 9.10. The first-order valence-electron chi connectivity index (χ1n) is 7.40. The second-order valence-electron chi connectivity index (χ2n) is 5.42. The molecule has 1 N–H and O–H groups in total. The van der Waals surface area contributed by atoms with Crippen LogP contribution in [0.2, 0.25) is 5.02 Å². The van der Waals surface area contributed by atoms with Crippen molar-refractivity contribution in [1.82, 2.24) is 15.1 Å². The predicted octanol–water partition coefficient (Wildman–Crippen LogP) is 4.33. The third-order valence-corrected chi connectivity index (χ3v) is 5.93. The third kappa shape index (κ3) is 4.38. The number of anilines is 2. The van der Waals surface area contributed by atoms with Gasteiger partial charge >= 0.3 is 12.2 Å². The van der Waals surface area contributed by atoms with Crippen LogP contribution in [0.1, 0.15) is 5.01 Å². The van der Waals surface area contributed by atoms with Gasteiger partial charge in [0.2, 0.25) is 10.1 Å². The van der Waals surface area contributed by atoms with Gasteiger partial charge in [0.05, 0.1) is 5.02 Å². The first-order chi connectivity index (χ1) is 12.2. The van der Waals surface area contributed by atoms with Gasteiger partial charge < -0.3 is 15.1 Å². The molecule has 0 aliphatic carbocycles. The number of carbonyl (C=O) groups excluding carboxylic acids is 1. The van der Waals surface area contributed by atoms with Crippen molar-refractivity contribution in [3.05, 3.63) is 32.7 Å². The first-order valence-corrected chi connectivity index (χ1v) is 9.39. The van der Waals surface area contributed by atoms with Crippen LogP contribution in [0.25, 0.3) is 0 Å². The Bertz CT molecular complexity index is 810. The SMILES string of the molecule is O=C(Nc1ccc(Br)c(Cl)c1)N1CCN(c2nnc(C(F)(F)F)s2)CC1. The van der Waals surface area contributed by atoms with E-state index in [9.17, 15) is 18.0 Å². The fourth-order valence-corrected chi connectivity index (χ4v) is 3.53. The number of urea groups is 1. The Morgan fingerprint density at radius 2 is 1.92 bits per heavy atom. The number of carbonyl (C=O) groups is 1. The molecule has 3 rings (SSSR count). The van der Waals surface area contributed by atoms with E-state index >= 15 is 0 Å².